The first-order valence-electron chi connectivity index (χ1n) is 10.3. The second kappa shape index (κ2) is 10.5. The van der Waals surface area contributed by atoms with Crippen LogP contribution in [0.3, 0.4) is 0 Å². The Bertz CT molecular complexity index is 830. The van der Waals surface area contributed by atoms with Crippen molar-refractivity contribution in [3.05, 3.63) is 23.8 Å². The van der Waals surface area contributed by atoms with Gasteiger partial charge >= 0.3 is 0 Å². The van der Waals surface area contributed by atoms with Gasteiger partial charge < -0.3 is 14.4 Å². The van der Waals surface area contributed by atoms with Crippen molar-refractivity contribution in [2.24, 2.45) is 5.92 Å². The molecule has 1 aromatic rings. The van der Waals surface area contributed by atoms with E-state index >= 15 is 0 Å². The Balaban J connectivity index is 2.44. The fraction of sp³-hybridized carbons (Fsp3) is 0.667. The summed E-state index contributed by atoms with van der Waals surface area (Å²) in [6.45, 7) is 9.05. The van der Waals surface area contributed by atoms with Crippen LogP contribution in [0.2, 0.25) is 0 Å². The van der Waals surface area contributed by atoms with Gasteiger partial charge in [0.25, 0.3) is 5.91 Å². The first-order valence-corrected chi connectivity index (χ1v) is 12.2. The molecule has 0 spiro atoms. The van der Waals surface area contributed by atoms with Crippen molar-refractivity contribution in [1.82, 2.24) is 9.80 Å². The average Bonchev–Trinajstić information content (AvgIpc) is 2.67. The molecule has 0 aromatic heterocycles. The van der Waals surface area contributed by atoms with Gasteiger partial charge in [-0.15, -0.1) is 0 Å². The van der Waals surface area contributed by atoms with Crippen LogP contribution in [0.25, 0.3) is 0 Å². The minimum Gasteiger partial charge on any atom is -0.491 e. The van der Waals surface area contributed by atoms with E-state index in [1.807, 2.05) is 0 Å². The van der Waals surface area contributed by atoms with Crippen LogP contribution >= 0.6 is 0 Å². The quantitative estimate of drug-likeness (QED) is 0.754. The summed E-state index contributed by atoms with van der Waals surface area (Å²) in [5.41, 5.74) is 0.648. The Morgan fingerprint density at radius 1 is 1.27 bits per heavy atom. The Morgan fingerprint density at radius 2 is 1.97 bits per heavy atom. The summed E-state index contributed by atoms with van der Waals surface area (Å²) in [6.07, 6.45) is 1.99. The molecule has 1 aromatic carbocycles. The first-order chi connectivity index (χ1) is 14.1. The number of nitrogens with one attached hydrogen (secondary N) is 1. The van der Waals surface area contributed by atoms with Gasteiger partial charge in [0.15, 0.2) is 0 Å². The second-order valence-corrected chi connectivity index (χ2v) is 9.93. The van der Waals surface area contributed by atoms with Crippen LogP contribution in [-0.4, -0.2) is 82.9 Å². The molecule has 0 radical (unpaired) electrons. The molecule has 8 nitrogen and oxygen atoms in total. The second-order valence-electron chi connectivity index (χ2n) is 8.18. The molecular weight excluding hydrogens is 406 g/mol. The van der Waals surface area contributed by atoms with Crippen molar-refractivity contribution in [3.8, 4) is 5.75 Å². The van der Waals surface area contributed by atoms with E-state index in [-0.39, 0.29) is 24.0 Å². The van der Waals surface area contributed by atoms with Crippen molar-refractivity contribution < 1.29 is 22.7 Å². The van der Waals surface area contributed by atoms with Crippen molar-refractivity contribution in [2.45, 2.75) is 39.3 Å². The number of anilines is 1. The monoisotopic (exact) mass is 441 g/mol. The number of sulfonamides is 1. The maximum absolute atomic E-state index is 13.2. The van der Waals surface area contributed by atoms with Crippen LogP contribution in [0.4, 0.5) is 5.69 Å². The molecular formula is C21H35N3O5S. The number of hydrogen-bond acceptors (Lipinski definition) is 6. The lowest BCUT2D eigenvalue weighted by atomic mass is 10.0. The van der Waals surface area contributed by atoms with E-state index in [0.29, 0.717) is 30.2 Å². The molecule has 3 atom stereocenters. The van der Waals surface area contributed by atoms with Crippen molar-refractivity contribution in [1.29, 1.82) is 0 Å². The van der Waals surface area contributed by atoms with E-state index in [1.165, 1.54) is 6.07 Å². The topological polar surface area (TPSA) is 88.2 Å². The summed E-state index contributed by atoms with van der Waals surface area (Å²) in [5, 5.41) is 0. The maximum atomic E-state index is 13.2. The van der Waals surface area contributed by atoms with Crippen LogP contribution in [-0.2, 0) is 14.8 Å². The summed E-state index contributed by atoms with van der Waals surface area (Å²) in [5.74, 6) is 0.420. The first kappa shape index (κ1) is 24.4. The lowest BCUT2D eigenvalue weighted by molar-refractivity contribution is 0.0108. The molecule has 30 heavy (non-hydrogen) atoms. The summed E-state index contributed by atoms with van der Waals surface area (Å²) in [4.78, 5) is 17.2. The van der Waals surface area contributed by atoms with E-state index in [0.717, 1.165) is 25.8 Å². The van der Waals surface area contributed by atoms with Crippen molar-refractivity contribution in [3.63, 3.8) is 0 Å². The molecule has 1 amide bonds. The van der Waals surface area contributed by atoms with Gasteiger partial charge in [-0.1, -0.05) is 13.8 Å². The third-order valence-corrected chi connectivity index (χ3v) is 5.99. The van der Waals surface area contributed by atoms with Gasteiger partial charge in [0, 0.05) is 39.0 Å². The number of rotatable bonds is 5. The Morgan fingerprint density at radius 3 is 2.57 bits per heavy atom. The van der Waals surface area contributed by atoms with E-state index in [1.54, 1.807) is 31.2 Å². The molecule has 0 bridgehead atoms. The zero-order chi connectivity index (χ0) is 22.5. The predicted octanol–water partition coefficient (Wildman–Crippen LogP) is 2.27. The number of benzene rings is 1. The number of fused-ring (bicyclic) bond motifs is 1. The van der Waals surface area contributed by atoms with Gasteiger partial charge in [-0.2, -0.15) is 0 Å². The SMILES string of the molecule is CCCN1C[C@H](C)[C@@H](OC)CN(C)C(=O)c2cc(NS(C)(=O)=O)ccc2OC[C@H]1C. The molecule has 1 heterocycles. The predicted molar refractivity (Wildman–Crippen MR) is 119 cm³/mol. The van der Waals surface area contributed by atoms with Gasteiger partial charge in [-0.3, -0.25) is 14.4 Å². The fourth-order valence-electron chi connectivity index (χ4n) is 3.73. The number of ether oxygens (including phenoxy) is 2. The lowest BCUT2D eigenvalue weighted by Crippen LogP contribution is -2.46. The van der Waals surface area contributed by atoms with Gasteiger partial charge in [0.1, 0.15) is 12.4 Å². The molecule has 170 valence electrons. The van der Waals surface area contributed by atoms with Gasteiger partial charge in [-0.25, -0.2) is 8.42 Å². The normalized spacial score (nSPS) is 24.4. The molecule has 0 saturated heterocycles. The molecule has 0 fully saturated rings. The highest BCUT2D eigenvalue weighted by Gasteiger charge is 2.28. The minimum absolute atomic E-state index is 0.119. The Hall–Kier alpha value is -1.84. The number of methoxy groups -OCH3 is 1. The van der Waals surface area contributed by atoms with Crippen LogP contribution in [0.5, 0.6) is 5.75 Å². The number of nitrogens with zero attached hydrogens (tertiary/aromatic N) is 2. The highest BCUT2D eigenvalue weighted by atomic mass is 32.2. The smallest absolute Gasteiger partial charge is 0.257 e. The Kier molecular flexibility index (Phi) is 8.52. The van der Waals surface area contributed by atoms with Crippen LogP contribution in [0.15, 0.2) is 18.2 Å². The molecule has 9 heteroatoms. The molecule has 1 aliphatic rings. The molecule has 0 aliphatic carbocycles. The number of carbonyl (C=O) groups is 1. The van der Waals surface area contributed by atoms with Crippen LogP contribution < -0.4 is 9.46 Å². The average molecular weight is 442 g/mol. The minimum atomic E-state index is -3.46. The van der Waals surface area contributed by atoms with E-state index in [9.17, 15) is 13.2 Å². The largest absolute Gasteiger partial charge is 0.491 e. The maximum Gasteiger partial charge on any atom is 0.257 e. The highest BCUT2D eigenvalue weighted by molar-refractivity contribution is 7.92. The van der Waals surface area contributed by atoms with E-state index in [4.69, 9.17) is 9.47 Å². The summed E-state index contributed by atoms with van der Waals surface area (Å²) in [6, 6.07) is 4.93. The zero-order valence-electron chi connectivity index (χ0n) is 18.8. The van der Waals surface area contributed by atoms with Crippen LogP contribution in [0, 0.1) is 5.92 Å². The summed E-state index contributed by atoms with van der Waals surface area (Å²) in [7, 11) is -0.0668. The summed E-state index contributed by atoms with van der Waals surface area (Å²) >= 11 is 0. The number of likely N-dealkylation sites (N-methyl/N-ethyl adjacent to an activating group) is 1. The molecule has 0 saturated carbocycles. The summed E-state index contributed by atoms with van der Waals surface area (Å²) < 4.78 is 37.4. The molecule has 1 aliphatic heterocycles. The zero-order valence-corrected chi connectivity index (χ0v) is 19.7. The number of amides is 1. The van der Waals surface area contributed by atoms with Gasteiger partial charge in [0.2, 0.25) is 10.0 Å². The highest BCUT2D eigenvalue weighted by Crippen LogP contribution is 2.26. The fourth-order valence-corrected chi connectivity index (χ4v) is 4.28. The van der Waals surface area contributed by atoms with Crippen molar-refractivity contribution >= 4 is 21.6 Å². The Labute approximate surface area is 180 Å². The van der Waals surface area contributed by atoms with Gasteiger partial charge in [0.05, 0.1) is 17.9 Å². The third-order valence-electron chi connectivity index (χ3n) is 5.39. The molecule has 1 N–H and O–H groups in total. The van der Waals surface area contributed by atoms with Crippen molar-refractivity contribution in [2.75, 3.05) is 51.4 Å². The van der Waals surface area contributed by atoms with Crippen LogP contribution in [0.1, 0.15) is 37.6 Å². The lowest BCUT2D eigenvalue weighted by Gasteiger charge is -2.35. The third kappa shape index (κ3) is 6.58. The van der Waals surface area contributed by atoms with E-state index in [2.05, 4.69) is 30.4 Å². The van der Waals surface area contributed by atoms with Gasteiger partial charge in [-0.05, 0) is 44.0 Å². The molecule has 2 rings (SSSR count). The van der Waals surface area contributed by atoms with E-state index < -0.39 is 10.0 Å². The number of carbonyl (C=O) groups excluding carboxylic acids is 1. The molecule has 0 unspecified atom stereocenters. The standard InChI is InChI=1S/C21H35N3O5S/c1-7-10-24-12-15(2)20(28-5)13-23(4)21(25)18-11-17(22-30(6,26)27)8-9-19(18)29-14-16(24)3/h8-9,11,15-16,20,22H,7,10,12-14H2,1-6H3/t15-,16+,20-/m0/s1. The number of hydrogen-bond donors (Lipinski definition) is 1.